The molecule has 0 amide bonds. The summed E-state index contributed by atoms with van der Waals surface area (Å²) < 4.78 is 0. The molecule has 1 rings (SSSR count). The third-order valence-electron chi connectivity index (χ3n) is 2.21. The lowest BCUT2D eigenvalue weighted by Gasteiger charge is -1.98. The van der Waals surface area contributed by atoms with Crippen LogP contribution in [0.2, 0.25) is 0 Å². The molecule has 0 atom stereocenters. The summed E-state index contributed by atoms with van der Waals surface area (Å²) in [5.41, 5.74) is 0.730. The van der Waals surface area contributed by atoms with Crippen LogP contribution in [0.1, 0.15) is 42.6 Å². The molecule has 0 aliphatic heterocycles. The molecular formula is C12H17NO. The van der Waals surface area contributed by atoms with Crippen molar-refractivity contribution < 1.29 is 4.79 Å². The molecule has 76 valence electrons. The van der Waals surface area contributed by atoms with Crippen molar-refractivity contribution in [2.24, 2.45) is 0 Å². The topological polar surface area (TPSA) is 32.9 Å². The van der Waals surface area contributed by atoms with Crippen LogP contribution in [-0.4, -0.2) is 10.8 Å². The van der Waals surface area contributed by atoms with Gasteiger partial charge < -0.3 is 4.98 Å². The number of carbonyl (C=O) groups is 1. The quantitative estimate of drug-likeness (QED) is 0.400. The maximum Gasteiger partial charge on any atom is 0.178 e. The molecule has 1 N–H and O–H groups in total. The first-order valence-corrected chi connectivity index (χ1v) is 5.12. The molecule has 0 aliphatic carbocycles. The first-order valence-electron chi connectivity index (χ1n) is 5.12. The zero-order valence-corrected chi connectivity index (χ0v) is 8.46. The van der Waals surface area contributed by atoms with Crippen molar-refractivity contribution in [2.75, 3.05) is 0 Å². The second-order valence-corrected chi connectivity index (χ2v) is 3.39. The minimum Gasteiger partial charge on any atom is -0.359 e. The standard InChI is InChI=1S/C12H17NO/c1-2-3-4-5-6-9-12(14)11-8-7-10-13-11/h2,7-8,10,13H,1,3-6,9H2. The van der Waals surface area contributed by atoms with Crippen LogP contribution in [0.15, 0.2) is 31.0 Å². The van der Waals surface area contributed by atoms with Crippen molar-refractivity contribution >= 4 is 5.78 Å². The van der Waals surface area contributed by atoms with Crippen LogP contribution in [0.3, 0.4) is 0 Å². The first-order chi connectivity index (χ1) is 6.84. The van der Waals surface area contributed by atoms with Crippen molar-refractivity contribution in [1.29, 1.82) is 0 Å². The molecular weight excluding hydrogens is 174 g/mol. The molecule has 0 bridgehead atoms. The Balaban J connectivity index is 2.13. The summed E-state index contributed by atoms with van der Waals surface area (Å²) in [6.45, 7) is 3.66. The van der Waals surface area contributed by atoms with Gasteiger partial charge >= 0.3 is 0 Å². The smallest absolute Gasteiger partial charge is 0.178 e. The van der Waals surface area contributed by atoms with Gasteiger partial charge in [0.2, 0.25) is 0 Å². The highest BCUT2D eigenvalue weighted by molar-refractivity contribution is 5.94. The van der Waals surface area contributed by atoms with Crippen molar-refractivity contribution in [3.8, 4) is 0 Å². The van der Waals surface area contributed by atoms with E-state index in [4.69, 9.17) is 0 Å². The summed E-state index contributed by atoms with van der Waals surface area (Å²) in [5, 5.41) is 0. The highest BCUT2D eigenvalue weighted by Gasteiger charge is 2.04. The van der Waals surface area contributed by atoms with E-state index in [0.29, 0.717) is 6.42 Å². The highest BCUT2D eigenvalue weighted by atomic mass is 16.1. The third kappa shape index (κ3) is 3.60. The summed E-state index contributed by atoms with van der Waals surface area (Å²) >= 11 is 0. The van der Waals surface area contributed by atoms with Gasteiger partial charge in [0.05, 0.1) is 5.69 Å². The number of aromatic nitrogens is 1. The van der Waals surface area contributed by atoms with Crippen LogP contribution in [-0.2, 0) is 0 Å². The van der Waals surface area contributed by atoms with Gasteiger partial charge in [-0.1, -0.05) is 12.5 Å². The number of aromatic amines is 1. The predicted octanol–water partition coefficient (Wildman–Crippen LogP) is 3.33. The van der Waals surface area contributed by atoms with Gasteiger partial charge in [-0.05, 0) is 31.4 Å². The number of ketones is 1. The molecule has 0 radical (unpaired) electrons. The van der Waals surface area contributed by atoms with Crippen LogP contribution in [0, 0.1) is 0 Å². The minimum atomic E-state index is 0.216. The highest BCUT2D eigenvalue weighted by Crippen LogP contribution is 2.07. The normalized spacial score (nSPS) is 10.0. The lowest BCUT2D eigenvalue weighted by molar-refractivity contribution is 0.0975. The van der Waals surface area contributed by atoms with Crippen molar-refractivity contribution in [3.63, 3.8) is 0 Å². The monoisotopic (exact) mass is 191 g/mol. The van der Waals surface area contributed by atoms with Gasteiger partial charge in [-0.2, -0.15) is 0 Å². The van der Waals surface area contributed by atoms with E-state index in [-0.39, 0.29) is 5.78 Å². The molecule has 14 heavy (non-hydrogen) atoms. The molecule has 0 aliphatic rings. The largest absolute Gasteiger partial charge is 0.359 e. The number of unbranched alkanes of at least 4 members (excludes halogenated alkanes) is 3. The SMILES string of the molecule is C=CCCCCCC(=O)c1ccc[nH]1. The fourth-order valence-electron chi connectivity index (χ4n) is 1.39. The van der Waals surface area contributed by atoms with E-state index < -0.39 is 0 Å². The summed E-state index contributed by atoms with van der Waals surface area (Å²) in [5.74, 6) is 0.216. The molecule has 0 unspecified atom stereocenters. The Morgan fingerprint density at radius 1 is 1.43 bits per heavy atom. The summed E-state index contributed by atoms with van der Waals surface area (Å²) in [4.78, 5) is 14.4. The first kappa shape index (κ1) is 10.8. The average Bonchev–Trinajstić information content (AvgIpc) is 2.70. The second-order valence-electron chi connectivity index (χ2n) is 3.39. The number of hydrogen-bond donors (Lipinski definition) is 1. The summed E-state index contributed by atoms with van der Waals surface area (Å²) in [7, 11) is 0. The number of rotatable bonds is 7. The van der Waals surface area contributed by atoms with Crippen LogP contribution in [0.4, 0.5) is 0 Å². The molecule has 0 aromatic carbocycles. The number of allylic oxidation sites excluding steroid dienone is 1. The van der Waals surface area contributed by atoms with Gasteiger partial charge in [0.25, 0.3) is 0 Å². The van der Waals surface area contributed by atoms with E-state index >= 15 is 0 Å². The van der Waals surface area contributed by atoms with Gasteiger partial charge in [0.1, 0.15) is 0 Å². The minimum absolute atomic E-state index is 0.216. The summed E-state index contributed by atoms with van der Waals surface area (Å²) in [6, 6.07) is 3.68. The molecule has 2 heteroatoms. The molecule has 1 aromatic rings. The third-order valence-corrected chi connectivity index (χ3v) is 2.21. The number of Topliss-reactive ketones (excluding diaryl/α,β-unsaturated/α-hetero) is 1. The van der Waals surface area contributed by atoms with Gasteiger partial charge in [-0.15, -0.1) is 6.58 Å². The van der Waals surface area contributed by atoms with Gasteiger partial charge in [-0.3, -0.25) is 4.79 Å². The van der Waals surface area contributed by atoms with E-state index in [2.05, 4.69) is 11.6 Å². The fraction of sp³-hybridized carbons (Fsp3) is 0.417. The van der Waals surface area contributed by atoms with E-state index in [9.17, 15) is 4.79 Å². The van der Waals surface area contributed by atoms with Crippen LogP contribution in [0.5, 0.6) is 0 Å². The van der Waals surface area contributed by atoms with E-state index in [0.717, 1.165) is 31.4 Å². The Kier molecular flexibility index (Phi) is 4.76. The zero-order valence-electron chi connectivity index (χ0n) is 8.46. The van der Waals surface area contributed by atoms with Gasteiger partial charge in [0.15, 0.2) is 5.78 Å². The maximum atomic E-state index is 11.5. The molecule has 0 spiro atoms. The molecule has 1 aromatic heterocycles. The van der Waals surface area contributed by atoms with E-state index in [1.165, 1.54) is 0 Å². The van der Waals surface area contributed by atoms with Crippen molar-refractivity contribution in [1.82, 2.24) is 4.98 Å². The molecule has 0 saturated carbocycles. The van der Waals surface area contributed by atoms with Crippen molar-refractivity contribution in [3.05, 3.63) is 36.7 Å². The maximum absolute atomic E-state index is 11.5. The fourth-order valence-corrected chi connectivity index (χ4v) is 1.39. The second kappa shape index (κ2) is 6.19. The Bertz CT molecular complexity index is 275. The number of hydrogen-bond acceptors (Lipinski definition) is 1. The van der Waals surface area contributed by atoms with Crippen molar-refractivity contribution in [2.45, 2.75) is 32.1 Å². The van der Waals surface area contributed by atoms with Crippen LogP contribution in [0.25, 0.3) is 0 Å². The Morgan fingerprint density at radius 3 is 2.93 bits per heavy atom. The lowest BCUT2D eigenvalue weighted by Crippen LogP contribution is -1.98. The Labute approximate surface area is 85.0 Å². The number of nitrogens with one attached hydrogen (secondary N) is 1. The zero-order chi connectivity index (χ0) is 10.2. The van der Waals surface area contributed by atoms with Gasteiger partial charge in [-0.25, -0.2) is 0 Å². The van der Waals surface area contributed by atoms with Crippen LogP contribution >= 0.6 is 0 Å². The average molecular weight is 191 g/mol. The predicted molar refractivity (Wildman–Crippen MR) is 58.4 cm³/mol. The Morgan fingerprint density at radius 2 is 2.29 bits per heavy atom. The molecule has 1 heterocycles. The number of carbonyl (C=O) groups excluding carboxylic acids is 1. The molecule has 0 saturated heterocycles. The Hall–Kier alpha value is -1.31. The molecule has 0 fully saturated rings. The van der Waals surface area contributed by atoms with Crippen LogP contribution < -0.4 is 0 Å². The van der Waals surface area contributed by atoms with Gasteiger partial charge in [0, 0.05) is 12.6 Å². The molecule has 2 nitrogen and oxygen atoms in total. The summed E-state index contributed by atoms with van der Waals surface area (Å²) in [6.07, 6.45) is 8.64. The lowest BCUT2D eigenvalue weighted by atomic mass is 10.1. The van der Waals surface area contributed by atoms with E-state index in [1.807, 2.05) is 18.2 Å². The van der Waals surface area contributed by atoms with E-state index in [1.54, 1.807) is 6.20 Å². The number of H-pyrrole nitrogens is 1.